The summed E-state index contributed by atoms with van der Waals surface area (Å²) in [5.74, 6) is -0.412. The molecule has 0 fully saturated rings. The molecule has 2 nitrogen and oxygen atoms in total. The number of carbonyl (C=O) groups excluding carboxylic acids is 1. The predicted molar refractivity (Wildman–Crippen MR) is 53.1 cm³/mol. The summed E-state index contributed by atoms with van der Waals surface area (Å²) in [6, 6.07) is 5.56. The van der Waals surface area contributed by atoms with E-state index in [1.165, 1.54) is 24.3 Å². The average molecular weight is 214 g/mol. The summed E-state index contributed by atoms with van der Waals surface area (Å²) >= 11 is 0. The van der Waals surface area contributed by atoms with Crippen molar-refractivity contribution in [1.29, 1.82) is 0 Å². The van der Waals surface area contributed by atoms with Gasteiger partial charge in [0.25, 0.3) is 0 Å². The third-order valence-electron chi connectivity index (χ3n) is 1.70. The highest BCUT2D eigenvalue weighted by atomic mass is 19.4. The Morgan fingerprint density at radius 2 is 1.73 bits per heavy atom. The van der Waals surface area contributed by atoms with Gasteiger partial charge in [-0.1, -0.05) is 18.2 Å². The molecule has 0 spiro atoms. The van der Waals surface area contributed by atoms with E-state index in [1.807, 2.05) is 0 Å². The Hall–Kier alpha value is -1.72. The van der Waals surface area contributed by atoms with E-state index >= 15 is 0 Å². The van der Waals surface area contributed by atoms with Gasteiger partial charge in [0.1, 0.15) is 0 Å². The van der Waals surface area contributed by atoms with Gasteiger partial charge in [-0.3, -0.25) is 4.79 Å². The molecule has 1 aromatic rings. The standard InChI is InChI=1S/C9H8BF3NO/c11-10(12,13)6-5-7-1-3-8(4-2-7)9(14)15/h1-6H,(H2,14,15)/q-1/b6-5+. The van der Waals surface area contributed by atoms with Crippen LogP contribution in [-0.2, 0) is 0 Å². The van der Waals surface area contributed by atoms with Crippen molar-refractivity contribution in [2.75, 3.05) is 0 Å². The van der Waals surface area contributed by atoms with Crippen molar-refractivity contribution in [3.05, 3.63) is 41.4 Å². The Kier molecular flexibility index (Phi) is 3.19. The van der Waals surface area contributed by atoms with E-state index in [2.05, 4.69) is 0 Å². The number of carbonyl (C=O) groups is 1. The highest BCUT2D eigenvalue weighted by Crippen LogP contribution is 2.13. The van der Waals surface area contributed by atoms with Gasteiger partial charge < -0.3 is 18.7 Å². The number of halogens is 3. The van der Waals surface area contributed by atoms with Crippen LogP contribution in [0.4, 0.5) is 12.9 Å². The molecule has 80 valence electrons. The number of rotatable bonds is 3. The van der Waals surface area contributed by atoms with Crippen LogP contribution in [0.2, 0.25) is 0 Å². The summed E-state index contributed by atoms with van der Waals surface area (Å²) in [7, 11) is 0. The summed E-state index contributed by atoms with van der Waals surface area (Å²) in [4.78, 5) is 10.7. The van der Waals surface area contributed by atoms with Gasteiger partial charge in [-0.2, -0.15) is 0 Å². The molecule has 1 amide bonds. The number of benzene rings is 1. The van der Waals surface area contributed by atoms with E-state index in [0.717, 1.165) is 6.08 Å². The highest BCUT2D eigenvalue weighted by Gasteiger charge is 2.16. The molecule has 15 heavy (non-hydrogen) atoms. The molecular weight excluding hydrogens is 206 g/mol. The summed E-state index contributed by atoms with van der Waals surface area (Å²) in [5.41, 5.74) is 5.62. The molecule has 6 heteroatoms. The summed E-state index contributed by atoms with van der Waals surface area (Å²) in [5, 5.41) is 0. The van der Waals surface area contributed by atoms with E-state index in [0.29, 0.717) is 5.56 Å². The fourth-order valence-electron chi connectivity index (χ4n) is 0.979. The minimum absolute atomic E-state index is 0.194. The fraction of sp³-hybridized carbons (Fsp3) is 0. The third-order valence-corrected chi connectivity index (χ3v) is 1.70. The second-order valence-corrected chi connectivity index (χ2v) is 2.97. The zero-order chi connectivity index (χ0) is 11.5. The summed E-state index contributed by atoms with van der Waals surface area (Å²) in [6.45, 7) is -4.92. The van der Waals surface area contributed by atoms with Gasteiger partial charge in [-0.05, 0) is 17.7 Å². The van der Waals surface area contributed by atoms with Crippen molar-refractivity contribution in [3.8, 4) is 0 Å². The fourth-order valence-corrected chi connectivity index (χ4v) is 0.979. The molecule has 0 aliphatic rings. The molecular formula is C9H8BF3NO-. The molecule has 0 bridgehead atoms. The minimum atomic E-state index is -4.92. The van der Waals surface area contributed by atoms with Gasteiger partial charge in [0, 0.05) is 5.56 Å². The average Bonchev–Trinajstić information content (AvgIpc) is 2.14. The van der Waals surface area contributed by atoms with E-state index in [1.54, 1.807) is 0 Å². The lowest BCUT2D eigenvalue weighted by Gasteiger charge is -2.06. The summed E-state index contributed by atoms with van der Waals surface area (Å²) < 4.78 is 35.6. The van der Waals surface area contributed by atoms with Crippen LogP contribution in [-0.4, -0.2) is 12.9 Å². The van der Waals surface area contributed by atoms with Crippen LogP contribution < -0.4 is 5.73 Å². The van der Waals surface area contributed by atoms with Gasteiger partial charge in [0.2, 0.25) is 5.91 Å². The molecule has 1 rings (SSSR count). The zero-order valence-corrected chi connectivity index (χ0v) is 7.66. The molecule has 2 N–H and O–H groups in total. The number of primary amides is 1. The minimum Gasteiger partial charge on any atom is -0.445 e. The second kappa shape index (κ2) is 4.21. The van der Waals surface area contributed by atoms with Crippen molar-refractivity contribution in [1.82, 2.24) is 0 Å². The molecule has 0 aromatic heterocycles. The van der Waals surface area contributed by atoms with E-state index in [-0.39, 0.29) is 11.5 Å². The topological polar surface area (TPSA) is 43.1 Å². The number of nitrogens with two attached hydrogens (primary N) is 1. The first-order valence-electron chi connectivity index (χ1n) is 4.17. The second-order valence-electron chi connectivity index (χ2n) is 2.97. The van der Waals surface area contributed by atoms with Crippen LogP contribution in [0.3, 0.4) is 0 Å². The van der Waals surface area contributed by atoms with Crippen molar-refractivity contribution >= 4 is 19.0 Å². The monoisotopic (exact) mass is 214 g/mol. The highest BCUT2D eigenvalue weighted by molar-refractivity contribution is 6.64. The number of hydrogen-bond acceptors (Lipinski definition) is 1. The van der Waals surface area contributed by atoms with Crippen LogP contribution in [0.1, 0.15) is 15.9 Å². The molecule has 0 atom stereocenters. The smallest absolute Gasteiger partial charge is 0.445 e. The lowest BCUT2D eigenvalue weighted by molar-refractivity contribution is 0.100. The maximum atomic E-state index is 11.9. The molecule has 0 aliphatic carbocycles. The van der Waals surface area contributed by atoms with Gasteiger partial charge in [-0.15, -0.1) is 5.98 Å². The number of amides is 1. The Bertz CT molecular complexity index is 383. The molecule has 0 unspecified atom stereocenters. The maximum absolute atomic E-state index is 11.9. The van der Waals surface area contributed by atoms with E-state index in [9.17, 15) is 17.7 Å². The first-order chi connectivity index (χ1) is 6.88. The first kappa shape index (κ1) is 11.4. The quantitative estimate of drug-likeness (QED) is 0.769. The third kappa shape index (κ3) is 3.89. The Labute approximate surface area is 84.6 Å². The largest absolute Gasteiger partial charge is 0.502 e. The van der Waals surface area contributed by atoms with Crippen LogP contribution in [0.5, 0.6) is 0 Å². The van der Waals surface area contributed by atoms with Gasteiger partial charge in [-0.25, -0.2) is 0 Å². The summed E-state index contributed by atoms with van der Waals surface area (Å²) in [6.07, 6.45) is 0.949. The predicted octanol–water partition coefficient (Wildman–Crippen LogP) is 2.19. The Morgan fingerprint density at radius 1 is 1.20 bits per heavy atom. The Morgan fingerprint density at radius 3 is 2.13 bits per heavy atom. The zero-order valence-electron chi connectivity index (χ0n) is 7.66. The van der Waals surface area contributed by atoms with Gasteiger partial charge in [0.15, 0.2) is 0 Å². The molecule has 1 aromatic carbocycles. The van der Waals surface area contributed by atoms with Crippen molar-refractivity contribution < 1.29 is 17.7 Å². The van der Waals surface area contributed by atoms with Crippen molar-refractivity contribution in [2.45, 2.75) is 0 Å². The first-order valence-corrected chi connectivity index (χ1v) is 4.17. The van der Waals surface area contributed by atoms with Crippen molar-refractivity contribution in [3.63, 3.8) is 0 Å². The van der Waals surface area contributed by atoms with E-state index < -0.39 is 12.9 Å². The number of hydrogen-bond donors (Lipinski definition) is 1. The molecule has 0 heterocycles. The Balaban J connectivity index is 2.82. The van der Waals surface area contributed by atoms with Crippen molar-refractivity contribution in [2.24, 2.45) is 5.73 Å². The molecule has 0 radical (unpaired) electrons. The van der Waals surface area contributed by atoms with E-state index in [4.69, 9.17) is 5.73 Å². The van der Waals surface area contributed by atoms with Gasteiger partial charge in [0.05, 0.1) is 0 Å². The van der Waals surface area contributed by atoms with Crippen LogP contribution >= 0.6 is 0 Å². The maximum Gasteiger partial charge on any atom is 0.502 e. The molecule has 0 saturated heterocycles. The normalized spacial score (nSPS) is 11.9. The lowest BCUT2D eigenvalue weighted by Crippen LogP contribution is -2.10. The van der Waals surface area contributed by atoms with Crippen LogP contribution in [0.25, 0.3) is 6.08 Å². The van der Waals surface area contributed by atoms with Crippen LogP contribution in [0, 0.1) is 0 Å². The lowest BCUT2D eigenvalue weighted by atomic mass is 9.90. The SMILES string of the molecule is NC(=O)c1ccc(/C=C/[B-](F)(F)F)cc1. The molecule has 0 aliphatic heterocycles. The molecule has 0 saturated carbocycles. The van der Waals surface area contributed by atoms with Gasteiger partial charge >= 0.3 is 6.98 Å². The van der Waals surface area contributed by atoms with Crippen LogP contribution in [0.15, 0.2) is 30.2 Å².